The Kier molecular flexibility index (Phi) is 4.98. The number of hydrogen-bond acceptors (Lipinski definition) is 5. The Morgan fingerprint density at radius 1 is 1.38 bits per heavy atom. The van der Waals surface area contributed by atoms with Crippen LogP contribution in [0, 0.1) is 12.8 Å². The van der Waals surface area contributed by atoms with Gasteiger partial charge in [0, 0.05) is 39.2 Å². The first-order chi connectivity index (χ1) is 10.1. The van der Waals surface area contributed by atoms with E-state index >= 15 is 0 Å². The van der Waals surface area contributed by atoms with Crippen molar-refractivity contribution in [3.8, 4) is 0 Å². The van der Waals surface area contributed by atoms with Crippen molar-refractivity contribution in [2.75, 3.05) is 37.4 Å². The van der Waals surface area contributed by atoms with Crippen LogP contribution < -0.4 is 15.5 Å². The number of aromatic nitrogens is 2. The van der Waals surface area contributed by atoms with Crippen LogP contribution >= 0.6 is 0 Å². The fourth-order valence-corrected chi connectivity index (χ4v) is 2.85. The molecular weight excluding hydrogens is 266 g/mol. The molecule has 1 amide bonds. The van der Waals surface area contributed by atoms with Crippen molar-refractivity contribution >= 4 is 17.5 Å². The molecule has 1 aromatic heterocycles. The molecule has 116 valence electrons. The summed E-state index contributed by atoms with van der Waals surface area (Å²) in [4.78, 5) is 23.3. The summed E-state index contributed by atoms with van der Waals surface area (Å²) in [6, 6.07) is 0. The van der Waals surface area contributed by atoms with Crippen LogP contribution in [-0.2, 0) is 11.2 Å². The molecule has 0 bridgehead atoms. The highest BCUT2D eigenvalue weighted by molar-refractivity contribution is 5.79. The van der Waals surface area contributed by atoms with E-state index < -0.39 is 0 Å². The number of aryl methyl sites for hydroxylation is 1. The van der Waals surface area contributed by atoms with Crippen molar-refractivity contribution in [2.45, 2.75) is 33.1 Å². The summed E-state index contributed by atoms with van der Waals surface area (Å²) < 4.78 is 0. The Labute approximate surface area is 126 Å². The number of anilines is 2. The van der Waals surface area contributed by atoms with Crippen molar-refractivity contribution in [1.29, 1.82) is 0 Å². The predicted octanol–water partition coefficient (Wildman–Crippen LogP) is 1.35. The number of nitrogens with zero attached hydrogens (tertiary/aromatic N) is 3. The van der Waals surface area contributed by atoms with Crippen LogP contribution in [0.4, 0.5) is 11.6 Å². The first kappa shape index (κ1) is 15.5. The van der Waals surface area contributed by atoms with E-state index in [1.54, 1.807) is 7.05 Å². The lowest BCUT2D eigenvalue weighted by molar-refractivity contribution is -0.124. The summed E-state index contributed by atoms with van der Waals surface area (Å²) in [5.41, 5.74) is 1.05. The number of hydrogen-bond donors (Lipinski definition) is 2. The average Bonchev–Trinajstić information content (AvgIpc) is 2.54. The number of carbonyl (C=O) groups excluding carboxylic acids is 1. The van der Waals surface area contributed by atoms with E-state index in [9.17, 15) is 4.79 Å². The molecular formula is C15H25N5O. The summed E-state index contributed by atoms with van der Waals surface area (Å²) in [6.45, 7) is 5.75. The zero-order chi connectivity index (χ0) is 15.4. The van der Waals surface area contributed by atoms with Crippen LogP contribution in [-0.4, -0.2) is 43.1 Å². The summed E-state index contributed by atoms with van der Waals surface area (Å²) in [6.07, 6.45) is 2.76. The van der Waals surface area contributed by atoms with Gasteiger partial charge in [-0.1, -0.05) is 6.92 Å². The molecule has 1 saturated heterocycles. The third-order valence-corrected chi connectivity index (χ3v) is 4.06. The molecule has 6 heteroatoms. The molecule has 1 aromatic rings. The molecule has 2 rings (SSSR count). The highest BCUT2D eigenvalue weighted by Crippen LogP contribution is 2.28. The maximum absolute atomic E-state index is 11.9. The molecule has 21 heavy (non-hydrogen) atoms. The maximum atomic E-state index is 11.9. The Morgan fingerprint density at radius 3 is 2.76 bits per heavy atom. The minimum Gasteiger partial charge on any atom is -0.373 e. The van der Waals surface area contributed by atoms with E-state index in [4.69, 9.17) is 0 Å². The number of rotatable bonds is 4. The summed E-state index contributed by atoms with van der Waals surface area (Å²) in [5, 5.41) is 5.89. The molecule has 1 unspecified atom stereocenters. The van der Waals surface area contributed by atoms with Crippen LogP contribution in [0.2, 0.25) is 0 Å². The monoisotopic (exact) mass is 291 g/mol. The SMILES string of the molecule is CCc1nc(NC)c(C)c(N2CCCC(C(=O)NC)C2)n1. The second kappa shape index (κ2) is 6.74. The molecule has 0 radical (unpaired) electrons. The first-order valence-electron chi connectivity index (χ1n) is 7.62. The van der Waals surface area contributed by atoms with Gasteiger partial charge in [0.15, 0.2) is 0 Å². The fourth-order valence-electron chi connectivity index (χ4n) is 2.85. The second-order valence-corrected chi connectivity index (χ2v) is 5.44. The average molecular weight is 291 g/mol. The van der Waals surface area contributed by atoms with Crippen molar-refractivity contribution in [3.63, 3.8) is 0 Å². The zero-order valence-corrected chi connectivity index (χ0v) is 13.4. The highest BCUT2D eigenvalue weighted by Gasteiger charge is 2.27. The Balaban J connectivity index is 2.30. The van der Waals surface area contributed by atoms with Crippen molar-refractivity contribution < 1.29 is 4.79 Å². The van der Waals surface area contributed by atoms with Crippen molar-refractivity contribution in [1.82, 2.24) is 15.3 Å². The summed E-state index contributed by atoms with van der Waals surface area (Å²) in [5.74, 6) is 2.83. The molecule has 6 nitrogen and oxygen atoms in total. The molecule has 1 aliphatic rings. The van der Waals surface area contributed by atoms with Gasteiger partial charge in [0.25, 0.3) is 0 Å². The molecule has 0 saturated carbocycles. The van der Waals surface area contributed by atoms with Gasteiger partial charge in [-0.3, -0.25) is 4.79 Å². The largest absolute Gasteiger partial charge is 0.373 e. The Hall–Kier alpha value is -1.85. The van der Waals surface area contributed by atoms with E-state index in [2.05, 4.69) is 32.4 Å². The summed E-state index contributed by atoms with van der Waals surface area (Å²) in [7, 11) is 3.58. The van der Waals surface area contributed by atoms with Gasteiger partial charge in [0.2, 0.25) is 5.91 Å². The number of piperidine rings is 1. The lowest BCUT2D eigenvalue weighted by atomic mass is 9.97. The van der Waals surface area contributed by atoms with E-state index in [0.717, 1.165) is 55.4 Å². The van der Waals surface area contributed by atoms with E-state index in [1.165, 1.54) is 0 Å². The Bertz CT molecular complexity index is 517. The van der Waals surface area contributed by atoms with Crippen LogP contribution in [0.1, 0.15) is 31.2 Å². The minimum atomic E-state index is 0.0428. The number of carbonyl (C=O) groups is 1. The highest BCUT2D eigenvalue weighted by atomic mass is 16.1. The molecule has 0 aliphatic carbocycles. The van der Waals surface area contributed by atoms with Gasteiger partial charge in [-0.25, -0.2) is 9.97 Å². The van der Waals surface area contributed by atoms with Crippen LogP contribution in [0.5, 0.6) is 0 Å². The van der Waals surface area contributed by atoms with E-state index in [1.807, 2.05) is 14.0 Å². The third-order valence-electron chi connectivity index (χ3n) is 4.06. The maximum Gasteiger partial charge on any atom is 0.224 e. The van der Waals surface area contributed by atoms with Crippen molar-refractivity contribution in [2.24, 2.45) is 5.92 Å². The molecule has 2 heterocycles. The molecule has 2 N–H and O–H groups in total. The lowest BCUT2D eigenvalue weighted by Gasteiger charge is -2.34. The summed E-state index contributed by atoms with van der Waals surface area (Å²) >= 11 is 0. The van der Waals surface area contributed by atoms with Crippen LogP contribution in [0.3, 0.4) is 0 Å². The lowest BCUT2D eigenvalue weighted by Crippen LogP contribution is -2.43. The second-order valence-electron chi connectivity index (χ2n) is 5.44. The Morgan fingerprint density at radius 2 is 2.14 bits per heavy atom. The first-order valence-corrected chi connectivity index (χ1v) is 7.62. The molecule has 1 fully saturated rings. The molecule has 1 aliphatic heterocycles. The van der Waals surface area contributed by atoms with E-state index in [-0.39, 0.29) is 11.8 Å². The molecule has 0 aromatic carbocycles. The molecule has 1 atom stereocenters. The quantitative estimate of drug-likeness (QED) is 0.876. The third kappa shape index (κ3) is 3.25. The number of nitrogens with one attached hydrogen (secondary N) is 2. The number of amides is 1. The smallest absolute Gasteiger partial charge is 0.224 e. The van der Waals surface area contributed by atoms with Gasteiger partial charge in [0.1, 0.15) is 17.5 Å². The van der Waals surface area contributed by atoms with Gasteiger partial charge in [-0.15, -0.1) is 0 Å². The van der Waals surface area contributed by atoms with Crippen LogP contribution in [0.15, 0.2) is 0 Å². The van der Waals surface area contributed by atoms with E-state index in [0.29, 0.717) is 0 Å². The fraction of sp³-hybridized carbons (Fsp3) is 0.667. The normalized spacial score (nSPS) is 18.5. The van der Waals surface area contributed by atoms with Gasteiger partial charge < -0.3 is 15.5 Å². The predicted molar refractivity (Wildman–Crippen MR) is 84.7 cm³/mol. The standard InChI is InChI=1S/C15H25N5O/c1-5-12-18-13(16-3)10(2)14(19-12)20-8-6-7-11(9-20)15(21)17-4/h11H,5-9H2,1-4H3,(H,17,21)(H,16,18,19). The van der Waals surface area contributed by atoms with Crippen molar-refractivity contribution in [3.05, 3.63) is 11.4 Å². The van der Waals surface area contributed by atoms with Gasteiger partial charge in [-0.05, 0) is 19.8 Å². The minimum absolute atomic E-state index is 0.0428. The van der Waals surface area contributed by atoms with Gasteiger partial charge in [0.05, 0.1) is 5.92 Å². The molecule has 0 spiro atoms. The van der Waals surface area contributed by atoms with Crippen LogP contribution in [0.25, 0.3) is 0 Å². The zero-order valence-electron chi connectivity index (χ0n) is 13.4. The topological polar surface area (TPSA) is 70.2 Å². The van der Waals surface area contributed by atoms with Gasteiger partial charge >= 0.3 is 0 Å². The van der Waals surface area contributed by atoms with Gasteiger partial charge in [-0.2, -0.15) is 0 Å².